The van der Waals surface area contributed by atoms with Gasteiger partial charge in [0.15, 0.2) is 0 Å². The number of nitrogens with one attached hydrogen (secondary N) is 3. The van der Waals surface area contributed by atoms with Crippen LogP contribution in [0, 0.1) is 11.8 Å². The fraction of sp³-hybridized carbons (Fsp3) is 0.783. The zero-order valence-electron chi connectivity index (χ0n) is 21.3. The quantitative estimate of drug-likeness (QED) is 0.119. The maximum absolute atomic E-state index is 13.1. The molecule has 0 fully saturated rings. The molecule has 0 spiro atoms. The summed E-state index contributed by atoms with van der Waals surface area (Å²) in [5.74, 6) is -4.01. The van der Waals surface area contributed by atoms with Gasteiger partial charge in [-0.25, -0.2) is 4.79 Å². The summed E-state index contributed by atoms with van der Waals surface area (Å²) in [6, 6.07) is -4.10. The van der Waals surface area contributed by atoms with Crippen LogP contribution >= 0.6 is 0 Å². The Morgan fingerprint density at radius 3 is 1.94 bits per heavy atom. The molecule has 202 valence electrons. The van der Waals surface area contributed by atoms with Crippen LogP contribution in [0.3, 0.4) is 0 Å². The lowest BCUT2D eigenvalue weighted by molar-refractivity contribution is -0.143. The average Bonchev–Trinajstić information content (AvgIpc) is 2.78. The van der Waals surface area contributed by atoms with Crippen LogP contribution in [0.1, 0.15) is 72.6 Å². The first-order chi connectivity index (χ1) is 16.3. The molecule has 0 aliphatic rings. The average molecular weight is 501 g/mol. The molecule has 12 nitrogen and oxygen atoms in total. The lowest BCUT2D eigenvalue weighted by Crippen LogP contribution is -2.58. The van der Waals surface area contributed by atoms with Crippen molar-refractivity contribution < 1.29 is 29.1 Å². The number of hydrogen-bond donors (Lipinski definition) is 7. The van der Waals surface area contributed by atoms with E-state index in [0.717, 1.165) is 6.42 Å². The number of rotatable bonds is 18. The van der Waals surface area contributed by atoms with Crippen molar-refractivity contribution in [2.75, 3.05) is 6.54 Å². The molecule has 0 rings (SSSR count). The van der Waals surface area contributed by atoms with Crippen LogP contribution < -0.4 is 33.2 Å². The van der Waals surface area contributed by atoms with Crippen molar-refractivity contribution >= 4 is 29.6 Å². The molecular weight excluding hydrogens is 456 g/mol. The minimum Gasteiger partial charge on any atom is -0.480 e. The van der Waals surface area contributed by atoms with Gasteiger partial charge >= 0.3 is 5.97 Å². The molecule has 0 saturated heterocycles. The topological polar surface area (TPSA) is 220 Å². The predicted molar refractivity (Wildman–Crippen MR) is 132 cm³/mol. The fourth-order valence-corrected chi connectivity index (χ4v) is 3.38. The van der Waals surface area contributed by atoms with Gasteiger partial charge in [0.1, 0.15) is 18.1 Å². The molecule has 0 radical (unpaired) electrons. The Bertz CT molecular complexity index is 717. The van der Waals surface area contributed by atoms with Crippen LogP contribution in [0.4, 0.5) is 0 Å². The smallest absolute Gasteiger partial charge is 0.326 e. The number of unbranched alkanes of at least 4 members (excludes halogenated alkanes) is 1. The van der Waals surface area contributed by atoms with E-state index in [9.17, 15) is 29.1 Å². The number of primary amides is 1. The van der Waals surface area contributed by atoms with E-state index in [1.165, 1.54) is 0 Å². The second-order valence-electron chi connectivity index (χ2n) is 9.36. The second-order valence-corrected chi connectivity index (χ2v) is 9.36. The first-order valence-electron chi connectivity index (χ1n) is 12.2. The van der Waals surface area contributed by atoms with Gasteiger partial charge in [0.05, 0.1) is 6.04 Å². The van der Waals surface area contributed by atoms with E-state index >= 15 is 0 Å². The highest BCUT2D eigenvalue weighted by atomic mass is 16.4. The van der Waals surface area contributed by atoms with E-state index in [1.807, 2.05) is 20.8 Å². The van der Waals surface area contributed by atoms with Crippen molar-refractivity contribution in [1.29, 1.82) is 0 Å². The first-order valence-corrected chi connectivity index (χ1v) is 12.2. The van der Waals surface area contributed by atoms with Gasteiger partial charge in [-0.05, 0) is 44.1 Å². The van der Waals surface area contributed by atoms with Crippen molar-refractivity contribution in [2.45, 2.75) is 96.8 Å². The summed E-state index contributed by atoms with van der Waals surface area (Å²) in [5.41, 5.74) is 16.5. The van der Waals surface area contributed by atoms with Crippen molar-refractivity contribution in [3.8, 4) is 0 Å². The number of aliphatic carboxylic acids is 1. The van der Waals surface area contributed by atoms with Crippen LogP contribution in [0.15, 0.2) is 0 Å². The first kappa shape index (κ1) is 32.3. The SMILES string of the molecule is CC[C@H](C)[C@H](NC(=O)[C@H](CC(C)C)NC(=O)[C@@H](N)CCCCN)C(=O)N[C@@H](CCC(N)=O)C(=O)O. The molecule has 4 amide bonds. The summed E-state index contributed by atoms with van der Waals surface area (Å²) >= 11 is 0. The van der Waals surface area contributed by atoms with Gasteiger partial charge in [-0.3, -0.25) is 19.2 Å². The number of carboxylic acid groups (broad SMARTS) is 1. The highest BCUT2D eigenvalue weighted by Gasteiger charge is 2.33. The summed E-state index contributed by atoms with van der Waals surface area (Å²) in [5, 5.41) is 17.1. The van der Waals surface area contributed by atoms with Crippen LogP contribution in [0.2, 0.25) is 0 Å². The van der Waals surface area contributed by atoms with E-state index in [-0.39, 0.29) is 24.7 Å². The van der Waals surface area contributed by atoms with Crippen molar-refractivity contribution in [3.63, 3.8) is 0 Å². The van der Waals surface area contributed by atoms with E-state index in [1.54, 1.807) is 6.92 Å². The van der Waals surface area contributed by atoms with Gasteiger partial charge in [-0.15, -0.1) is 0 Å². The Labute approximate surface area is 207 Å². The standard InChI is InChI=1S/C23H44N6O6/c1-5-14(4)19(22(33)27-16(23(34)35)9-10-18(26)30)29-21(32)17(12-13(2)3)28-20(31)15(25)8-6-7-11-24/h13-17,19H,5-12,24-25H2,1-4H3,(H2,26,30)(H,27,33)(H,28,31)(H,29,32)(H,34,35)/t14-,15-,16-,17-,19-/m0/s1. The molecular formula is C23H44N6O6. The normalized spacial score (nSPS) is 15.4. The zero-order chi connectivity index (χ0) is 27.1. The third kappa shape index (κ3) is 13.1. The minimum atomic E-state index is -1.34. The number of amides is 4. The number of carbonyl (C=O) groups excluding carboxylic acids is 4. The molecule has 0 aliphatic carbocycles. The van der Waals surface area contributed by atoms with E-state index in [2.05, 4.69) is 16.0 Å². The maximum Gasteiger partial charge on any atom is 0.326 e. The second kappa shape index (κ2) is 16.8. The van der Waals surface area contributed by atoms with E-state index < -0.39 is 53.8 Å². The van der Waals surface area contributed by atoms with E-state index in [4.69, 9.17) is 17.2 Å². The van der Waals surface area contributed by atoms with Gasteiger partial charge in [-0.1, -0.05) is 40.5 Å². The molecule has 10 N–H and O–H groups in total. The van der Waals surface area contributed by atoms with Crippen LogP contribution in [0.5, 0.6) is 0 Å². The molecule has 0 aromatic carbocycles. The van der Waals surface area contributed by atoms with E-state index in [0.29, 0.717) is 32.2 Å². The molecule has 0 heterocycles. The Hall–Kier alpha value is -2.73. The summed E-state index contributed by atoms with van der Waals surface area (Å²) in [6.07, 6.45) is 2.29. The monoisotopic (exact) mass is 500 g/mol. The molecule has 35 heavy (non-hydrogen) atoms. The Morgan fingerprint density at radius 2 is 1.46 bits per heavy atom. The fourth-order valence-electron chi connectivity index (χ4n) is 3.38. The lowest BCUT2D eigenvalue weighted by Gasteiger charge is -2.28. The third-order valence-corrected chi connectivity index (χ3v) is 5.73. The Balaban J connectivity index is 5.48. The summed E-state index contributed by atoms with van der Waals surface area (Å²) in [6.45, 7) is 7.85. The molecule has 0 bridgehead atoms. The summed E-state index contributed by atoms with van der Waals surface area (Å²) < 4.78 is 0. The molecule has 0 saturated carbocycles. The van der Waals surface area contributed by atoms with Gasteiger partial charge in [0.2, 0.25) is 23.6 Å². The predicted octanol–water partition coefficient (Wildman–Crippen LogP) is -0.661. The molecule has 5 atom stereocenters. The largest absolute Gasteiger partial charge is 0.480 e. The Morgan fingerprint density at radius 1 is 0.857 bits per heavy atom. The van der Waals surface area contributed by atoms with Crippen LogP contribution in [-0.4, -0.2) is 65.4 Å². The number of hydrogen-bond acceptors (Lipinski definition) is 7. The highest BCUT2D eigenvalue weighted by Crippen LogP contribution is 2.12. The summed E-state index contributed by atoms with van der Waals surface area (Å²) in [4.78, 5) is 61.2. The molecule has 0 aromatic heterocycles. The highest BCUT2D eigenvalue weighted by molar-refractivity contribution is 5.94. The Kier molecular flexibility index (Phi) is 15.5. The van der Waals surface area contributed by atoms with Crippen LogP contribution in [-0.2, 0) is 24.0 Å². The maximum atomic E-state index is 13.1. The van der Waals surface area contributed by atoms with Gasteiger partial charge in [0, 0.05) is 6.42 Å². The summed E-state index contributed by atoms with van der Waals surface area (Å²) in [7, 11) is 0. The molecule has 0 unspecified atom stereocenters. The van der Waals surface area contributed by atoms with Crippen molar-refractivity contribution in [1.82, 2.24) is 16.0 Å². The number of nitrogens with two attached hydrogens (primary N) is 3. The van der Waals surface area contributed by atoms with Crippen LogP contribution in [0.25, 0.3) is 0 Å². The third-order valence-electron chi connectivity index (χ3n) is 5.73. The zero-order valence-corrected chi connectivity index (χ0v) is 21.3. The number of carbonyl (C=O) groups is 5. The molecule has 12 heteroatoms. The van der Waals surface area contributed by atoms with Gasteiger partial charge in [0.25, 0.3) is 0 Å². The van der Waals surface area contributed by atoms with Crippen molar-refractivity contribution in [3.05, 3.63) is 0 Å². The minimum absolute atomic E-state index is 0.0561. The number of carboxylic acids is 1. The molecule has 0 aromatic rings. The van der Waals surface area contributed by atoms with Crippen molar-refractivity contribution in [2.24, 2.45) is 29.0 Å². The van der Waals surface area contributed by atoms with Gasteiger partial charge in [-0.2, -0.15) is 0 Å². The van der Waals surface area contributed by atoms with Gasteiger partial charge < -0.3 is 38.3 Å². The molecule has 0 aliphatic heterocycles. The lowest BCUT2D eigenvalue weighted by atomic mass is 9.96.